The Balaban J connectivity index is 2.41. The molecule has 3 N–H and O–H groups in total. The lowest BCUT2D eigenvalue weighted by molar-refractivity contribution is 0.154. The Hall–Kier alpha value is -2.34. The maximum atomic E-state index is 8.96. The van der Waals surface area contributed by atoms with Crippen molar-refractivity contribution in [3.63, 3.8) is 0 Å². The second kappa shape index (κ2) is 6.90. The molecule has 0 aliphatic carbocycles. The molecule has 0 radical (unpaired) electrons. The number of para-hydroxylation sites is 1. The van der Waals surface area contributed by atoms with Crippen molar-refractivity contribution >= 4 is 22.6 Å². The minimum atomic E-state index is 0.0769. The van der Waals surface area contributed by atoms with Gasteiger partial charge in [0.1, 0.15) is 5.82 Å². The number of anilines is 1. The fourth-order valence-corrected chi connectivity index (χ4v) is 2.08. The van der Waals surface area contributed by atoms with Crippen LogP contribution < -0.4 is 10.6 Å². The molecule has 1 aromatic carbocycles. The number of nitrogens with two attached hydrogens (primary N) is 1. The number of pyridine rings is 1. The van der Waals surface area contributed by atoms with Crippen molar-refractivity contribution in [2.45, 2.75) is 6.92 Å². The van der Waals surface area contributed by atoms with E-state index in [-0.39, 0.29) is 5.84 Å². The first-order valence-electron chi connectivity index (χ1n) is 6.84. The van der Waals surface area contributed by atoms with Crippen LogP contribution in [0.1, 0.15) is 12.5 Å². The number of rotatable bonds is 6. The maximum Gasteiger partial charge on any atom is 0.170 e. The number of hydrogen-bond acceptors (Lipinski definition) is 5. The molecule has 1 heterocycles. The predicted octanol–water partition coefficient (Wildman–Crippen LogP) is 1.80. The van der Waals surface area contributed by atoms with E-state index in [9.17, 15) is 0 Å². The van der Waals surface area contributed by atoms with E-state index in [0.29, 0.717) is 18.8 Å². The normalized spacial score (nSPS) is 11.8. The number of aromatic nitrogens is 1. The SMILES string of the molecule is CCOCCN(C)c1cc(/C(N)=N/O)c2ccccc2n1. The fourth-order valence-electron chi connectivity index (χ4n) is 2.08. The number of oxime groups is 1. The van der Waals surface area contributed by atoms with E-state index in [4.69, 9.17) is 15.7 Å². The molecule has 0 saturated carbocycles. The number of likely N-dealkylation sites (N-methyl/N-ethyl adjacent to an activating group) is 1. The highest BCUT2D eigenvalue weighted by atomic mass is 16.5. The second-order valence-electron chi connectivity index (χ2n) is 4.65. The van der Waals surface area contributed by atoms with Crippen LogP contribution >= 0.6 is 0 Å². The smallest absolute Gasteiger partial charge is 0.170 e. The van der Waals surface area contributed by atoms with Crippen molar-refractivity contribution in [2.24, 2.45) is 10.9 Å². The highest BCUT2D eigenvalue weighted by Crippen LogP contribution is 2.22. The summed E-state index contributed by atoms with van der Waals surface area (Å²) >= 11 is 0. The molecule has 0 amide bonds. The zero-order chi connectivity index (χ0) is 15.2. The average molecular weight is 288 g/mol. The summed E-state index contributed by atoms with van der Waals surface area (Å²) in [5.41, 5.74) is 7.25. The van der Waals surface area contributed by atoms with Crippen LogP contribution in [-0.2, 0) is 4.74 Å². The van der Waals surface area contributed by atoms with Gasteiger partial charge in [-0.2, -0.15) is 0 Å². The van der Waals surface area contributed by atoms with E-state index in [1.807, 2.05) is 49.2 Å². The van der Waals surface area contributed by atoms with Gasteiger partial charge in [-0.3, -0.25) is 0 Å². The predicted molar refractivity (Wildman–Crippen MR) is 84.0 cm³/mol. The molecule has 0 aliphatic heterocycles. The molecule has 112 valence electrons. The minimum absolute atomic E-state index is 0.0769. The van der Waals surface area contributed by atoms with Gasteiger partial charge >= 0.3 is 0 Å². The highest BCUT2D eigenvalue weighted by molar-refractivity contribution is 6.08. The Morgan fingerprint density at radius 1 is 1.43 bits per heavy atom. The third kappa shape index (κ3) is 3.41. The van der Waals surface area contributed by atoms with E-state index in [1.54, 1.807) is 0 Å². The lowest BCUT2D eigenvalue weighted by Crippen LogP contribution is -2.24. The average Bonchev–Trinajstić information content (AvgIpc) is 2.53. The molecule has 0 spiro atoms. The largest absolute Gasteiger partial charge is 0.409 e. The van der Waals surface area contributed by atoms with Crippen LogP contribution in [-0.4, -0.2) is 42.8 Å². The summed E-state index contributed by atoms with van der Waals surface area (Å²) in [6, 6.07) is 9.44. The molecule has 0 fully saturated rings. The molecule has 6 nitrogen and oxygen atoms in total. The molecule has 0 aliphatic rings. The van der Waals surface area contributed by atoms with Crippen molar-refractivity contribution < 1.29 is 9.94 Å². The van der Waals surface area contributed by atoms with Crippen LogP contribution in [0.3, 0.4) is 0 Å². The van der Waals surface area contributed by atoms with E-state index in [0.717, 1.165) is 23.3 Å². The number of ether oxygens (including phenoxy) is 1. The molecule has 21 heavy (non-hydrogen) atoms. The van der Waals surface area contributed by atoms with Crippen LogP contribution in [0.2, 0.25) is 0 Å². The van der Waals surface area contributed by atoms with Crippen molar-refractivity contribution in [2.75, 3.05) is 31.7 Å². The van der Waals surface area contributed by atoms with Gasteiger partial charge in [0.15, 0.2) is 5.84 Å². The van der Waals surface area contributed by atoms with Crippen LogP contribution in [0, 0.1) is 0 Å². The summed E-state index contributed by atoms with van der Waals surface area (Å²) < 4.78 is 5.35. The van der Waals surface area contributed by atoms with Crippen molar-refractivity contribution in [3.8, 4) is 0 Å². The van der Waals surface area contributed by atoms with Crippen LogP contribution in [0.25, 0.3) is 10.9 Å². The summed E-state index contributed by atoms with van der Waals surface area (Å²) in [5, 5.41) is 12.9. The lowest BCUT2D eigenvalue weighted by Gasteiger charge is -2.19. The number of amidine groups is 1. The summed E-state index contributed by atoms with van der Waals surface area (Å²) in [6.07, 6.45) is 0. The molecular formula is C15H20N4O2. The van der Waals surface area contributed by atoms with Crippen molar-refractivity contribution in [1.82, 2.24) is 4.98 Å². The zero-order valence-corrected chi connectivity index (χ0v) is 12.3. The first-order valence-corrected chi connectivity index (χ1v) is 6.84. The van der Waals surface area contributed by atoms with E-state index in [2.05, 4.69) is 10.1 Å². The highest BCUT2D eigenvalue weighted by Gasteiger charge is 2.11. The van der Waals surface area contributed by atoms with E-state index < -0.39 is 0 Å². The summed E-state index contributed by atoms with van der Waals surface area (Å²) in [5.74, 6) is 0.836. The molecule has 2 aromatic rings. The summed E-state index contributed by atoms with van der Waals surface area (Å²) in [6.45, 7) is 3.99. The van der Waals surface area contributed by atoms with Crippen molar-refractivity contribution in [3.05, 3.63) is 35.9 Å². The third-order valence-electron chi connectivity index (χ3n) is 3.25. The Morgan fingerprint density at radius 2 is 2.19 bits per heavy atom. The van der Waals surface area contributed by atoms with Crippen LogP contribution in [0.15, 0.2) is 35.5 Å². The van der Waals surface area contributed by atoms with Crippen molar-refractivity contribution in [1.29, 1.82) is 0 Å². The molecule has 0 atom stereocenters. The summed E-state index contributed by atoms with van der Waals surface area (Å²) in [4.78, 5) is 6.59. The summed E-state index contributed by atoms with van der Waals surface area (Å²) in [7, 11) is 1.94. The molecule has 0 saturated heterocycles. The van der Waals surface area contributed by atoms with Crippen LogP contribution in [0.4, 0.5) is 5.82 Å². The number of benzene rings is 1. The lowest BCUT2D eigenvalue weighted by atomic mass is 10.1. The van der Waals surface area contributed by atoms with Crippen LogP contribution in [0.5, 0.6) is 0 Å². The Kier molecular flexibility index (Phi) is 4.94. The Morgan fingerprint density at radius 3 is 2.90 bits per heavy atom. The van der Waals surface area contributed by atoms with Gasteiger partial charge in [-0.05, 0) is 19.1 Å². The minimum Gasteiger partial charge on any atom is -0.409 e. The zero-order valence-electron chi connectivity index (χ0n) is 12.3. The monoisotopic (exact) mass is 288 g/mol. The van der Waals surface area contributed by atoms with Gasteiger partial charge in [-0.25, -0.2) is 4.98 Å². The van der Waals surface area contributed by atoms with Gasteiger partial charge in [0, 0.05) is 31.1 Å². The van der Waals surface area contributed by atoms with Gasteiger partial charge in [0.05, 0.1) is 12.1 Å². The standard InChI is InChI=1S/C15H20N4O2/c1-3-21-9-8-19(2)14-10-12(15(16)18-20)11-6-4-5-7-13(11)17-14/h4-7,10,20H,3,8-9H2,1-2H3,(H2,16,18). The van der Waals surface area contributed by atoms with Gasteiger partial charge in [0.2, 0.25) is 0 Å². The van der Waals surface area contributed by atoms with E-state index in [1.165, 1.54) is 0 Å². The number of fused-ring (bicyclic) bond motifs is 1. The number of nitrogens with zero attached hydrogens (tertiary/aromatic N) is 3. The first-order chi connectivity index (χ1) is 10.2. The molecule has 2 rings (SSSR count). The van der Waals surface area contributed by atoms with Gasteiger partial charge in [0.25, 0.3) is 0 Å². The Bertz CT molecular complexity index is 643. The quantitative estimate of drug-likeness (QED) is 0.278. The van der Waals surface area contributed by atoms with Gasteiger partial charge in [-0.15, -0.1) is 0 Å². The first kappa shape index (κ1) is 15.1. The molecule has 6 heteroatoms. The van der Waals surface area contributed by atoms with Gasteiger partial charge in [-0.1, -0.05) is 23.4 Å². The molecule has 0 unspecified atom stereocenters. The molecular weight excluding hydrogens is 268 g/mol. The second-order valence-corrected chi connectivity index (χ2v) is 4.65. The number of hydrogen-bond donors (Lipinski definition) is 2. The fraction of sp³-hybridized carbons (Fsp3) is 0.333. The third-order valence-corrected chi connectivity index (χ3v) is 3.25. The Labute approximate surface area is 123 Å². The maximum absolute atomic E-state index is 8.96. The molecule has 1 aromatic heterocycles. The van der Waals surface area contributed by atoms with E-state index >= 15 is 0 Å². The molecule has 0 bridgehead atoms. The van der Waals surface area contributed by atoms with Gasteiger partial charge < -0.3 is 20.6 Å². The topological polar surface area (TPSA) is 84.0 Å².